The summed E-state index contributed by atoms with van der Waals surface area (Å²) in [4.78, 5) is 16.0. The van der Waals surface area contributed by atoms with Gasteiger partial charge < -0.3 is 10.6 Å². The molecule has 2 rings (SSSR count). The van der Waals surface area contributed by atoms with Crippen molar-refractivity contribution < 1.29 is 9.18 Å². The summed E-state index contributed by atoms with van der Waals surface area (Å²) in [6.07, 6.45) is 3.84. The third-order valence-corrected chi connectivity index (χ3v) is 2.95. The Labute approximate surface area is 117 Å². The van der Waals surface area contributed by atoms with Crippen molar-refractivity contribution in [1.29, 1.82) is 0 Å². The van der Waals surface area contributed by atoms with Gasteiger partial charge in [-0.3, -0.25) is 9.78 Å². The molecule has 5 heteroatoms. The smallest absolute Gasteiger partial charge is 0.253 e. The van der Waals surface area contributed by atoms with Crippen molar-refractivity contribution in [3.05, 3.63) is 59.7 Å². The van der Waals surface area contributed by atoms with Gasteiger partial charge in [-0.25, -0.2) is 4.39 Å². The molecule has 0 bridgehead atoms. The summed E-state index contributed by atoms with van der Waals surface area (Å²) in [5, 5.41) is 5.76. The molecule has 4 nitrogen and oxygen atoms in total. The molecule has 1 amide bonds. The van der Waals surface area contributed by atoms with Crippen LogP contribution >= 0.6 is 0 Å². The lowest BCUT2D eigenvalue weighted by Gasteiger charge is -2.09. The van der Waals surface area contributed by atoms with E-state index in [1.54, 1.807) is 37.6 Å². The molecule has 0 aliphatic heterocycles. The summed E-state index contributed by atoms with van der Waals surface area (Å²) in [6.45, 7) is 0.496. The van der Waals surface area contributed by atoms with Gasteiger partial charge in [-0.2, -0.15) is 0 Å². The first-order chi connectivity index (χ1) is 9.70. The fourth-order valence-corrected chi connectivity index (χ4v) is 1.86. The lowest BCUT2D eigenvalue weighted by atomic mass is 10.1. The molecule has 0 aliphatic rings. The number of carbonyl (C=O) groups is 1. The predicted molar refractivity (Wildman–Crippen MR) is 76.2 cm³/mol. The van der Waals surface area contributed by atoms with E-state index in [1.165, 1.54) is 12.1 Å². The number of hydrogen-bond acceptors (Lipinski definition) is 3. The molecule has 0 unspecified atom stereocenters. The number of nitrogens with one attached hydrogen (secondary N) is 2. The molecule has 0 atom stereocenters. The monoisotopic (exact) mass is 273 g/mol. The zero-order chi connectivity index (χ0) is 14.4. The van der Waals surface area contributed by atoms with E-state index in [4.69, 9.17) is 0 Å². The summed E-state index contributed by atoms with van der Waals surface area (Å²) in [5.74, 6) is -0.410. The van der Waals surface area contributed by atoms with Crippen molar-refractivity contribution in [2.75, 3.05) is 18.9 Å². The van der Waals surface area contributed by atoms with Crippen LogP contribution in [0.4, 0.5) is 10.1 Å². The molecular weight excluding hydrogens is 257 g/mol. The van der Waals surface area contributed by atoms with Gasteiger partial charge in [0.25, 0.3) is 5.91 Å². The number of rotatable bonds is 5. The van der Waals surface area contributed by atoms with Gasteiger partial charge in [0.2, 0.25) is 0 Å². The topological polar surface area (TPSA) is 54.0 Å². The maximum absolute atomic E-state index is 12.8. The van der Waals surface area contributed by atoms with Gasteiger partial charge in [0.05, 0.1) is 17.4 Å². The second-order valence-corrected chi connectivity index (χ2v) is 4.30. The van der Waals surface area contributed by atoms with Crippen LogP contribution in [0, 0.1) is 5.82 Å². The number of aromatic nitrogens is 1. The molecule has 1 heterocycles. The highest BCUT2D eigenvalue weighted by Crippen LogP contribution is 2.12. The Morgan fingerprint density at radius 1 is 1.25 bits per heavy atom. The van der Waals surface area contributed by atoms with E-state index in [0.29, 0.717) is 24.2 Å². The Morgan fingerprint density at radius 3 is 2.70 bits per heavy atom. The Hall–Kier alpha value is -2.43. The highest BCUT2D eigenvalue weighted by atomic mass is 19.1. The van der Waals surface area contributed by atoms with Gasteiger partial charge in [0, 0.05) is 19.8 Å². The van der Waals surface area contributed by atoms with Gasteiger partial charge in [0.1, 0.15) is 5.82 Å². The molecule has 0 fully saturated rings. The Bertz CT molecular complexity index is 584. The van der Waals surface area contributed by atoms with E-state index in [9.17, 15) is 9.18 Å². The van der Waals surface area contributed by atoms with Crippen molar-refractivity contribution in [3.8, 4) is 0 Å². The van der Waals surface area contributed by atoms with Crippen LogP contribution in [0.3, 0.4) is 0 Å². The van der Waals surface area contributed by atoms with Crippen LogP contribution in [-0.4, -0.2) is 24.5 Å². The second kappa shape index (κ2) is 6.65. The van der Waals surface area contributed by atoms with E-state index in [2.05, 4.69) is 15.6 Å². The van der Waals surface area contributed by atoms with E-state index >= 15 is 0 Å². The van der Waals surface area contributed by atoms with Crippen molar-refractivity contribution >= 4 is 11.6 Å². The first-order valence-corrected chi connectivity index (χ1v) is 6.35. The summed E-state index contributed by atoms with van der Waals surface area (Å²) >= 11 is 0. The molecular formula is C15H16FN3O. The molecule has 2 N–H and O–H groups in total. The van der Waals surface area contributed by atoms with Gasteiger partial charge in [-0.1, -0.05) is 12.1 Å². The molecule has 104 valence electrons. The molecule has 0 aliphatic carbocycles. The fourth-order valence-electron chi connectivity index (χ4n) is 1.86. The van der Waals surface area contributed by atoms with Gasteiger partial charge >= 0.3 is 0 Å². The summed E-state index contributed by atoms with van der Waals surface area (Å²) in [6, 6.07) is 7.93. The highest BCUT2D eigenvalue weighted by Gasteiger charge is 2.09. The average molecular weight is 273 g/mol. The van der Waals surface area contributed by atoms with Crippen LogP contribution in [-0.2, 0) is 6.42 Å². The summed E-state index contributed by atoms with van der Waals surface area (Å²) in [7, 11) is 1.74. The van der Waals surface area contributed by atoms with E-state index in [0.717, 1.165) is 5.56 Å². The maximum atomic E-state index is 12.8. The Balaban J connectivity index is 1.90. The van der Waals surface area contributed by atoms with Crippen LogP contribution in [0.25, 0.3) is 0 Å². The number of carbonyl (C=O) groups excluding carboxylic acids is 1. The molecule has 1 aromatic carbocycles. The Morgan fingerprint density at radius 2 is 2.00 bits per heavy atom. The van der Waals surface area contributed by atoms with Gasteiger partial charge in [0.15, 0.2) is 0 Å². The number of nitrogens with zero attached hydrogens (tertiary/aromatic N) is 1. The zero-order valence-electron chi connectivity index (χ0n) is 11.2. The van der Waals surface area contributed by atoms with Crippen LogP contribution in [0.2, 0.25) is 0 Å². The van der Waals surface area contributed by atoms with Gasteiger partial charge in [-0.15, -0.1) is 0 Å². The highest BCUT2D eigenvalue weighted by molar-refractivity contribution is 5.99. The maximum Gasteiger partial charge on any atom is 0.253 e. The third kappa shape index (κ3) is 3.54. The normalized spacial score (nSPS) is 10.1. The third-order valence-electron chi connectivity index (χ3n) is 2.95. The van der Waals surface area contributed by atoms with Crippen LogP contribution in [0.15, 0.2) is 42.7 Å². The van der Waals surface area contributed by atoms with Crippen molar-refractivity contribution in [2.45, 2.75) is 6.42 Å². The number of benzene rings is 1. The first kappa shape index (κ1) is 14.0. The lowest BCUT2D eigenvalue weighted by Crippen LogP contribution is -2.26. The Kier molecular flexibility index (Phi) is 4.65. The van der Waals surface area contributed by atoms with Crippen molar-refractivity contribution in [3.63, 3.8) is 0 Å². The number of anilines is 1. The number of hydrogen-bond donors (Lipinski definition) is 2. The standard InChI is InChI=1S/C15H16FN3O/c1-17-14-10-18-8-7-13(14)15(20)19-9-6-11-2-4-12(16)5-3-11/h2-5,7-8,10,17H,6,9H2,1H3,(H,19,20). The van der Waals surface area contributed by atoms with E-state index in [1.807, 2.05) is 0 Å². The number of halogens is 1. The SMILES string of the molecule is CNc1cnccc1C(=O)NCCc1ccc(F)cc1. The van der Waals surface area contributed by atoms with E-state index in [-0.39, 0.29) is 11.7 Å². The minimum atomic E-state index is -0.256. The summed E-state index contributed by atoms with van der Waals surface area (Å²) in [5.41, 5.74) is 2.23. The zero-order valence-corrected chi connectivity index (χ0v) is 11.2. The molecule has 20 heavy (non-hydrogen) atoms. The molecule has 0 radical (unpaired) electrons. The number of pyridine rings is 1. The largest absolute Gasteiger partial charge is 0.386 e. The molecule has 0 saturated carbocycles. The lowest BCUT2D eigenvalue weighted by molar-refractivity contribution is 0.0955. The minimum Gasteiger partial charge on any atom is -0.386 e. The van der Waals surface area contributed by atoms with Crippen molar-refractivity contribution in [1.82, 2.24) is 10.3 Å². The van der Waals surface area contributed by atoms with Crippen molar-refractivity contribution in [2.24, 2.45) is 0 Å². The average Bonchev–Trinajstić information content (AvgIpc) is 2.49. The molecule has 0 saturated heterocycles. The van der Waals surface area contributed by atoms with E-state index < -0.39 is 0 Å². The quantitative estimate of drug-likeness (QED) is 0.878. The van der Waals surface area contributed by atoms with Crippen LogP contribution in [0.1, 0.15) is 15.9 Å². The predicted octanol–water partition coefficient (Wildman–Crippen LogP) is 2.23. The fraction of sp³-hybridized carbons (Fsp3) is 0.200. The van der Waals surface area contributed by atoms with Gasteiger partial charge in [-0.05, 0) is 30.2 Å². The molecule has 1 aromatic heterocycles. The minimum absolute atomic E-state index is 0.154. The first-order valence-electron chi connectivity index (χ1n) is 6.35. The van der Waals surface area contributed by atoms with Crippen LogP contribution in [0.5, 0.6) is 0 Å². The molecule has 0 spiro atoms. The summed E-state index contributed by atoms with van der Waals surface area (Å²) < 4.78 is 12.8. The van der Waals surface area contributed by atoms with Crippen LogP contribution < -0.4 is 10.6 Å². The second-order valence-electron chi connectivity index (χ2n) is 4.30. The number of amides is 1. The molecule has 2 aromatic rings.